The normalized spacial score (nSPS) is 11.6. The lowest BCUT2D eigenvalue weighted by Gasteiger charge is -2.24. The molecule has 0 saturated carbocycles. The molecule has 3 nitrogen and oxygen atoms in total. The van der Waals surface area contributed by atoms with Crippen molar-refractivity contribution in [3.8, 4) is 0 Å². The third-order valence-electron chi connectivity index (χ3n) is 3.83. The molecule has 0 aliphatic rings. The summed E-state index contributed by atoms with van der Waals surface area (Å²) in [6.45, 7) is 8.12. The van der Waals surface area contributed by atoms with E-state index >= 15 is 0 Å². The van der Waals surface area contributed by atoms with Crippen LogP contribution in [0.15, 0.2) is 0 Å². The van der Waals surface area contributed by atoms with Gasteiger partial charge in [-0.25, -0.2) is 0 Å². The minimum absolute atomic E-state index is 0.162. The Kier molecular flexibility index (Phi) is 11.8. The molecule has 1 amide bonds. The van der Waals surface area contributed by atoms with Gasteiger partial charge in [-0.3, -0.25) is 4.79 Å². The summed E-state index contributed by atoms with van der Waals surface area (Å²) in [5, 5.41) is 3.06. The third-order valence-corrected chi connectivity index (χ3v) is 3.83. The van der Waals surface area contributed by atoms with Gasteiger partial charge < -0.3 is 11.1 Å². The van der Waals surface area contributed by atoms with Crippen molar-refractivity contribution in [2.24, 2.45) is 11.1 Å². The summed E-state index contributed by atoms with van der Waals surface area (Å²) in [5.74, 6) is 0.208. The summed E-state index contributed by atoms with van der Waals surface area (Å²) in [7, 11) is 0. The van der Waals surface area contributed by atoms with Crippen LogP contribution in [0.4, 0.5) is 0 Å². The average Bonchev–Trinajstić information content (AvgIpc) is 2.42. The lowest BCUT2D eigenvalue weighted by Crippen LogP contribution is -2.34. The van der Waals surface area contributed by atoms with Crippen LogP contribution in [0.3, 0.4) is 0 Å². The van der Waals surface area contributed by atoms with Crippen LogP contribution in [0.1, 0.15) is 85.0 Å². The van der Waals surface area contributed by atoms with E-state index in [9.17, 15) is 4.79 Å². The molecule has 0 saturated heterocycles. The first-order valence-corrected chi connectivity index (χ1v) is 8.48. The molecule has 120 valence electrons. The Balaban J connectivity index is 3.49. The van der Waals surface area contributed by atoms with E-state index in [0.717, 1.165) is 32.4 Å². The second kappa shape index (κ2) is 12.2. The van der Waals surface area contributed by atoms with Crippen LogP contribution < -0.4 is 11.1 Å². The van der Waals surface area contributed by atoms with Gasteiger partial charge in [0.05, 0.1) is 0 Å². The van der Waals surface area contributed by atoms with E-state index in [4.69, 9.17) is 5.73 Å². The van der Waals surface area contributed by atoms with Gasteiger partial charge in [0, 0.05) is 13.0 Å². The number of unbranched alkanes of at least 4 members (excludes halogenated alkanes) is 6. The van der Waals surface area contributed by atoms with E-state index in [1.807, 2.05) is 0 Å². The van der Waals surface area contributed by atoms with Crippen molar-refractivity contribution in [3.05, 3.63) is 0 Å². The van der Waals surface area contributed by atoms with Gasteiger partial charge in [0.25, 0.3) is 0 Å². The number of amides is 1. The summed E-state index contributed by atoms with van der Waals surface area (Å²) >= 11 is 0. The van der Waals surface area contributed by atoms with E-state index in [2.05, 4.69) is 26.1 Å². The molecule has 0 spiro atoms. The Bertz CT molecular complexity index is 239. The SMILES string of the molecule is CCCCCCCCCC(=O)NCC(C)(C)CCCN. The fourth-order valence-corrected chi connectivity index (χ4v) is 2.34. The predicted molar refractivity (Wildman–Crippen MR) is 87.7 cm³/mol. The molecule has 0 bridgehead atoms. The Hall–Kier alpha value is -0.570. The highest BCUT2D eigenvalue weighted by Crippen LogP contribution is 2.20. The summed E-state index contributed by atoms with van der Waals surface area (Å²) in [6, 6.07) is 0. The van der Waals surface area contributed by atoms with Crippen LogP contribution in [0.2, 0.25) is 0 Å². The summed E-state index contributed by atoms with van der Waals surface area (Å²) in [4.78, 5) is 11.8. The van der Waals surface area contributed by atoms with Gasteiger partial charge >= 0.3 is 0 Å². The van der Waals surface area contributed by atoms with Crippen LogP contribution in [-0.2, 0) is 4.79 Å². The molecule has 0 radical (unpaired) electrons. The van der Waals surface area contributed by atoms with Crippen LogP contribution in [0.25, 0.3) is 0 Å². The van der Waals surface area contributed by atoms with E-state index in [1.165, 1.54) is 38.5 Å². The van der Waals surface area contributed by atoms with Crippen molar-refractivity contribution in [2.75, 3.05) is 13.1 Å². The minimum Gasteiger partial charge on any atom is -0.356 e. The average molecular weight is 284 g/mol. The number of nitrogens with one attached hydrogen (secondary N) is 1. The summed E-state index contributed by atoms with van der Waals surface area (Å²) < 4.78 is 0. The maximum absolute atomic E-state index is 11.8. The zero-order valence-corrected chi connectivity index (χ0v) is 14.0. The van der Waals surface area contributed by atoms with Gasteiger partial charge in [-0.2, -0.15) is 0 Å². The highest BCUT2D eigenvalue weighted by atomic mass is 16.1. The fraction of sp³-hybridized carbons (Fsp3) is 0.941. The van der Waals surface area contributed by atoms with Crippen molar-refractivity contribution in [1.29, 1.82) is 0 Å². The van der Waals surface area contributed by atoms with Crippen LogP contribution in [-0.4, -0.2) is 19.0 Å². The van der Waals surface area contributed by atoms with E-state index in [1.54, 1.807) is 0 Å². The second-order valence-electron chi connectivity index (χ2n) is 6.70. The zero-order valence-electron chi connectivity index (χ0n) is 14.0. The highest BCUT2D eigenvalue weighted by molar-refractivity contribution is 5.75. The quantitative estimate of drug-likeness (QED) is 0.502. The lowest BCUT2D eigenvalue weighted by atomic mass is 9.87. The smallest absolute Gasteiger partial charge is 0.220 e. The topological polar surface area (TPSA) is 55.1 Å². The van der Waals surface area contributed by atoms with Gasteiger partial charge in [-0.15, -0.1) is 0 Å². The van der Waals surface area contributed by atoms with Crippen LogP contribution in [0.5, 0.6) is 0 Å². The summed E-state index contributed by atoms with van der Waals surface area (Å²) in [6.07, 6.45) is 11.6. The van der Waals surface area contributed by atoms with Gasteiger partial charge in [-0.1, -0.05) is 59.3 Å². The highest BCUT2D eigenvalue weighted by Gasteiger charge is 2.17. The standard InChI is InChI=1S/C17H36N2O/c1-4-5-6-7-8-9-10-12-16(20)19-15-17(2,3)13-11-14-18/h4-15,18H2,1-3H3,(H,19,20). The van der Waals surface area contributed by atoms with Crippen molar-refractivity contribution in [2.45, 2.75) is 85.0 Å². The van der Waals surface area contributed by atoms with E-state index in [-0.39, 0.29) is 11.3 Å². The summed E-state index contributed by atoms with van der Waals surface area (Å²) in [5.41, 5.74) is 5.69. The largest absolute Gasteiger partial charge is 0.356 e. The molecule has 3 heteroatoms. The molecule has 0 aromatic carbocycles. The van der Waals surface area contributed by atoms with Crippen molar-refractivity contribution < 1.29 is 4.79 Å². The molecular formula is C17H36N2O. The molecule has 20 heavy (non-hydrogen) atoms. The third kappa shape index (κ3) is 12.5. The zero-order chi connectivity index (χ0) is 15.3. The second-order valence-corrected chi connectivity index (χ2v) is 6.70. The van der Waals surface area contributed by atoms with Crippen LogP contribution >= 0.6 is 0 Å². The van der Waals surface area contributed by atoms with E-state index < -0.39 is 0 Å². The molecule has 0 rings (SSSR count). The molecule has 0 aromatic rings. The van der Waals surface area contributed by atoms with Crippen LogP contribution in [0, 0.1) is 5.41 Å². The Labute approximate surface area is 126 Å². The number of carbonyl (C=O) groups is 1. The number of rotatable bonds is 13. The maximum Gasteiger partial charge on any atom is 0.220 e. The van der Waals surface area contributed by atoms with Crippen molar-refractivity contribution in [1.82, 2.24) is 5.32 Å². The van der Waals surface area contributed by atoms with Gasteiger partial charge in [0.2, 0.25) is 5.91 Å². The Morgan fingerprint density at radius 1 is 1.00 bits per heavy atom. The molecule has 3 N–H and O–H groups in total. The molecular weight excluding hydrogens is 248 g/mol. The first kappa shape index (κ1) is 19.4. The molecule has 0 unspecified atom stereocenters. The minimum atomic E-state index is 0.162. The molecule has 0 aliphatic heterocycles. The van der Waals surface area contributed by atoms with E-state index in [0.29, 0.717) is 6.42 Å². The molecule has 0 fully saturated rings. The van der Waals surface area contributed by atoms with Crippen molar-refractivity contribution >= 4 is 5.91 Å². The fourth-order valence-electron chi connectivity index (χ4n) is 2.34. The molecule has 0 aromatic heterocycles. The molecule has 0 atom stereocenters. The number of hydrogen-bond donors (Lipinski definition) is 2. The first-order chi connectivity index (χ1) is 9.52. The first-order valence-electron chi connectivity index (χ1n) is 8.48. The number of hydrogen-bond acceptors (Lipinski definition) is 2. The molecule has 0 heterocycles. The van der Waals surface area contributed by atoms with Gasteiger partial charge in [0.15, 0.2) is 0 Å². The number of carbonyl (C=O) groups excluding carboxylic acids is 1. The predicted octanol–water partition coefficient (Wildman–Crippen LogP) is 4.01. The number of nitrogens with two attached hydrogens (primary N) is 1. The Morgan fingerprint density at radius 2 is 1.60 bits per heavy atom. The lowest BCUT2D eigenvalue weighted by molar-refractivity contribution is -0.121. The van der Waals surface area contributed by atoms with Gasteiger partial charge in [-0.05, 0) is 31.2 Å². The Morgan fingerprint density at radius 3 is 2.20 bits per heavy atom. The maximum atomic E-state index is 11.8. The molecule has 0 aliphatic carbocycles. The monoisotopic (exact) mass is 284 g/mol. The van der Waals surface area contributed by atoms with Gasteiger partial charge in [0.1, 0.15) is 0 Å². The van der Waals surface area contributed by atoms with Crippen molar-refractivity contribution in [3.63, 3.8) is 0 Å².